The van der Waals surface area contributed by atoms with Crippen LogP contribution in [-0.4, -0.2) is 16.0 Å². The Hall–Kier alpha value is -2.40. The van der Waals surface area contributed by atoms with E-state index in [9.17, 15) is 14.7 Å². The van der Waals surface area contributed by atoms with E-state index in [1.807, 2.05) is 18.2 Å². The van der Waals surface area contributed by atoms with E-state index in [2.05, 4.69) is 10.3 Å². The molecule has 5 heteroatoms. The van der Waals surface area contributed by atoms with Gasteiger partial charge in [-0.1, -0.05) is 24.3 Å². The van der Waals surface area contributed by atoms with E-state index in [1.165, 1.54) is 6.07 Å². The maximum absolute atomic E-state index is 12.0. The fourth-order valence-corrected chi connectivity index (χ4v) is 1.91. The Balaban J connectivity index is 2.11. The van der Waals surface area contributed by atoms with E-state index in [4.69, 9.17) is 0 Å². The van der Waals surface area contributed by atoms with Gasteiger partial charge >= 0.3 is 0 Å². The van der Waals surface area contributed by atoms with Gasteiger partial charge in [-0.3, -0.25) is 9.59 Å². The third-order valence-corrected chi connectivity index (χ3v) is 3.03. The highest BCUT2D eigenvalue weighted by atomic mass is 16.3. The van der Waals surface area contributed by atoms with Gasteiger partial charge in [-0.25, -0.2) is 0 Å². The van der Waals surface area contributed by atoms with Crippen molar-refractivity contribution in [1.29, 1.82) is 0 Å². The highest BCUT2D eigenvalue weighted by Gasteiger charge is 2.10. The Bertz CT molecular complexity index is 677. The van der Waals surface area contributed by atoms with Gasteiger partial charge in [-0.05, 0) is 30.2 Å². The lowest BCUT2D eigenvalue weighted by molar-refractivity contribution is 0.0949. The lowest BCUT2D eigenvalue weighted by Crippen LogP contribution is -2.29. The van der Waals surface area contributed by atoms with Crippen molar-refractivity contribution < 1.29 is 9.90 Å². The number of amides is 1. The average molecular weight is 272 g/mol. The Morgan fingerprint density at radius 3 is 2.55 bits per heavy atom. The van der Waals surface area contributed by atoms with Gasteiger partial charge in [-0.2, -0.15) is 0 Å². The molecule has 0 saturated carbocycles. The van der Waals surface area contributed by atoms with Crippen molar-refractivity contribution in [3.8, 4) is 0 Å². The number of pyridine rings is 1. The number of hydrogen-bond donors (Lipinski definition) is 3. The first-order valence-corrected chi connectivity index (χ1v) is 6.27. The standard InChI is InChI=1S/C15H16N2O3/c1-10-6-7-13(15(20)17-10)14(19)16-8-11-4-2-3-5-12(11)9-18/h2-7,18H,8-9H2,1H3,(H,16,19)(H,17,20). The summed E-state index contributed by atoms with van der Waals surface area (Å²) in [5, 5.41) is 11.9. The summed E-state index contributed by atoms with van der Waals surface area (Å²) in [6.07, 6.45) is 0. The van der Waals surface area contributed by atoms with Gasteiger partial charge in [0.15, 0.2) is 0 Å². The van der Waals surface area contributed by atoms with Crippen LogP contribution in [0.3, 0.4) is 0 Å². The summed E-state index contributed by atoms with van der Waals surface area (Å²) in [5.41, 5.74) is 1.96. The molecule has 0 aliphatic rings. The number of benzene rings is 1. The monoisotopic (exact) mass is 272 g/mol. The van der Waals surface area contributed by atoms with Crippen molar-refractivity contribution in [2.45, 2.75) is 20.1 Å². The zero-order valence-corrected chi connectivity index (χ0v) is 11.1. The van der Waals surface area contributed by atoms with E-state index >= 15 is 0 Å². The molecule has 2 rings (SSSR count). The van der Waals surface area contributed by atoms with Crippen molar-refractivity contribution in [1.82, 2.24) is 10.3 Å². The maximum atomic E-state index is 12.0. The first kappa shape index (κ1) is 14.0. The first-order chi connectivity index (χ1) is 9.61. The van der Waals surface area contributed by atoms with E-state index in [-0.39, 0.29) is 18.7 Å². The summed E-state index contributed by atoms with van der Waals surface area (Å²) in [5.74, 6) is -0.431. The molecule has 0 unspecified atom stereocenters. The second-order valence-corrected chi connectivity index (χ2v) is 4.49. The van der Waals surface area contributed by atoms with Crippen molar-refractivity contribution in [3.05, 3.63) is 69.1 Å². The fourth-order valence-electron chi connectivity index (χ4n) is 1.91. The molecule has 104 valence electrons. The van der Waals surface area contributed by atoms with Crippen molar-refractivity contribution in [3.63, 3.8) is 0 Å². The molecule has 20 heavy (non-hydrogen) atoms. The van der Waals surface area contributed by atoms with E-state index in [0.29, 0.717) is 5.69 Å². The molecule has 1 heterocycles. The number of H-pyrrole nitrogens is 1. The molecule has 0 saturated heterocycles. The van der Waals surface area contributed by atoms with Gasteiger partial charge in [0.25, 0.3) is 11.5 Å². The molecule has 5 nitrogen and oxygen atoms in total. The van der Waals surface area contributed by atoms with Crippen LogP contribution in [-0.2, 0) is 13.2 Å². The van der Waals surface area contributed by atoms with Gasteiger partial charge in [0, 0.05) is 12.2 Å². The number of carbonyl (C=O) groups excluding carboxylic acids is 1. The number of carbonyl (C=O) groups is 1. The Labute approximate surface area is 116 Å². The number of aliphatic hydroxyl groups excluding tert-OH is 1. The predicted octanol–water partition coefficient (Wildman–Crippen LogP) is 1.11. The molecule has 0 radical (unpaired) electrons. The second kappa shape index (κ2) is 6.16. The molecule has 3 N–H and O–H groups in total. The molecule has 0 atom stereocenters. The highest BCUT2D eigenvalue weighted by molar-refractivity contribution is 5.93. The SMILES string of the molecule is Cc1ccc(C(=O)NCc2ccccc2CO)c(=O)[nH]1. The number of rotatable bonds is 4. The second-order valence-electron chi connectivity index (χ2n) is 4.49. The van der Waals surface area contributed by atoms with E-state index in [0.717, 1.165) is 11.1 Å². The summed E-state index contributed by atoms with van der Waals surface area (Å²) in [7, 11) is 0. The van der Waals surface area contributed by atoms with Crippen molar-refractivity contribution >= 4 is 5.91 Å². The molecule has 2 aromatic rings. The number of aliphatic hydroxyl groups is 1. The van der Waals surface area contributed by atoms with Gasteiger partial charge < -0.3 is 15.4 Å². The van der Waals surface area contributed by atoms with Gasteiger partial charge in [-0.15, -0.1) is 0 Å². The highest BCUT2D eigenvalue weighted by Crippen LogP contribution is 2.08. The average Bonchev–Trinajstić information content (AvgIpc) is 2.45. The Kier molecular flexibility index (Phi) is 4.32. The topological polar surface area (TPSA) is 82.2 Å². The van der Waals surface area contributed by atoms with Gasteiger partial charge in [0.2, 0.25) is 0 Å². The normalized spacial score (nSPS) is 10.3. The molecule has 1 aromatic heterocycles. The number of aryl methyl sites for hydroxylation is 1. The minimum atomic E-state index is -0.431. The molecule has 0 bridgehead atoms. The largest absolute Gasteiger partial charge is 0.392 e. The lowest BCUT2D eigenvalue weighted by atomic mass is 10.1. The Morgan fingerprint density at radius 1 is 1.20 bits per heavy atom. The summed E-state index contributed by atoms with van der Waals surface area (Å²) < 4.78 is 0. The van der Waals surface area contributed by atoms with Crippen LogP contribution in [0, 0.1) is 6.92 Å². The molecule has 0 fully saturated rings. The molecule has 1 amide bonds. The lowest BCUT2D eigenvalue weighted by Gasteiger charge is -2.08. The zero-order valence-electron chi connectivity index (χ0n) is 11.1. The van der Waals surface area contributed by atoms with Crippen molar-refractivity contribution in [2.24, 2.45) is 0 Å². The van der Waals surface area contributed by atoms with E-state index in [1.54, 1.807) is 19.1 Å². The summed E-state index contributed by atoms with van der Waals surface area (Å²) in [4.78, 5) is 26.2. The van der Waals surface area contributed by atoms with Crippen LogP contribution in [0.1, 0.15) is 27.2 Å². The number of aromatic nitrogens is 1. The smallest absolute Gasteiger partial charge is 0.260 e. The van der Waals surface area contributed by atoms with Crippen LogP contribution >= 0.6 is 0 Å². The van der Waals surface area contributed by atoms with Gasteiger partial charge in [0.1, 0.15) is 5.56 Å². The van der Waals surface area contributed by atoms with Crippen LogP contribution in [0.25, 0.3) is 0 Å². The summed E-state index contributed by atoms with van der Waals surface area (Å²) in [6, 6.07) is 10.5. The number of hydrogen-bond acceptors (Lipinski definition) is 3. The first-order valence-electron chi connectivity index (χ1n) is 6.27. The maximum Gasteiger partial charge on any atom is 0.260 e. The van der Waals surface area contributed by atoms with Crippen LogP contribution in [0.4, 0.5) is 0 Å². The van der Waals surface area contributed by atoms with E-state index < -0.39 is 11.5 Å². The minimum Gasteiger partial charge on any atom is -0.392 e. The predicted molar refractivity (Wildman–Crippen MR) is 75.3 cm³/mol. The van der Waals surface area contributed by atoms with Gasteiger partial charge in [0.05, 0.1) is 6.61 Å². The molecule has 0 aliphatic carbocycles. The third-order valence-electron chi connectivity index (χ3n) is 3.03. The molecular formula is C15H16N2O3. The zero-order chi connectivity index (χ0) is 14.5. The summed E-state index contributed by atoms with van der Waals surface area (Å²) >= 11 is 0. The van der Waals surface area contributed by atoms with Crippen LogP contribution in [0.15, 0.2) is 41.2 Å². The Morgan fingerprint density at radius 2 is 1.90 bits per heavy atom. The minimum absolute atomic E-state index is 0.0806. The van der Waals surface area contributed by atoms with Crippen LogP contribution in [0.2, 0.25) is 0 Å². The molecular weight excluding hydrogens is 256 g/mol. The van der Waals surface area contributed by atoms with Crippen LogP contribution in [0.5, 0.6) is 0 Å². The number of nitrogens with one attached hydrogen (secondary N) is 2. The molecule has 0 spiro atoms. The van der Waals surface area contributed by atoms with Crippen molar-refractivity contribution in [2.75, 3.05) is 0 Å². The van der Waals surface area contributed by atoms with Crippen LogP contribution < -0.4 is 10.9 Å². The molecule has 0 aliphatic heterocycles. The summed E-state index contributed by atoms with van der Waals surface area (Å²) in [6.45, 7) is 1.93. The third kappa shape index (κ3) is 3.13. The quantitative estimate of drug-likeness (QED) is 0.779. The number of aromatic amines is 1. The molecule has 1 aromatic carbocycles. The fraction of sp³-hybridized carbons (Fsp3) is 0.200.